The lowest BCUT2D eigenvalue weighted by molar-refractivity contribution is 0.130. The smallest absolute Gasteiger partial charge is 0.252 e. The number of piperidine rings is 1. The number of aromatic nitrogens is 1. The number of sulfonamides is 1. The molecule has 3 heterocycles. The van der Waals surface area contributed by atoms with Crippen molar-refractivity contribution < 1.29 is 13.2 Å². The molecule has 0 saturated carbocycles. The molecule has 0 aliphatic carbocycles. The Labute approximate surface area is 148 Å². The quantitative estimate of drug-likeness (QED) is 0.795. The normalized spacial score (nSPS) is 19.7. The van der Waals surface area contributed by atoms with Gasteiger partial charge in [0.15, 0.2) is 0 Å². The van der Waals surface area contributed by atoms with E-state index in [9.17, 15) is 8.42 Å². The van der Waals surface area contributed by atoms with E-state index in [4.69, 9.17) is 27.9 Å². The summed E-state index contributed by atoms with van der Waals surface area (Å²) in [7, 11) is -3.53. The highest BCUT2D eigenvalue weighted by atomic mass is 35.5. The van der Waals surface area contributed by atoms with Crippen molar-refractivity contribution >= 4 is 44.6 Å². The summed E-state index contributed by atoms with van der Waals surface area (Å²) in [5.74, 6) is 0.519. The average Bonchev–Trinajstić information content (AvgIpc) is 2.97. The van der Waals surface area contributed by atoms with Crippen LogP contribution in [-0.2, 0) is 10.0 Å². The Balaban J connectivity index is 1.75. The SMILES string of the molecule is O=S(=O)(c1ccc(Cl)s1)N1CCC[C@H](Oc2ccncc2Cl)C1. The number of rotatable bonds is 4. The molecule has 5 nitrogen and oxygen atoms in total. The average molecular weight is 393 g/mol. The summed E-state index contributed by atoms with van der Waals surface area (Å²) in [4.78, 5) is 3.90. The molecule has 0 unspecified atom stereocenters. The molecule has 1 atom stereocenters. The minimum atomic E-state index is -3.53. The van der Waals surface area contributed by atoms with Gasteiger partial charge < -0.3 is 4.74 Å². The van der Waals surface area contributed by atoms with Gasteiger partial charge in [0.2, 0.25) is 0 Å². The summed E-state index contributed by atoms with van der Waals surface area (Å²) in [6.45, 7) is 0.762. The monoisotopic (exact) mass is 392 g/mol. The molecular weight excluding hydrogens is 379 g/mol. The van der Waals surface area contributed by atoms with Crippen molar-refractivity contribution in [1.82, 2.24) is 9.29 Å². The van der Waals surface area contributed by atoms with Gasteiger partial charge in [-0.15, -0.1) is 11.3 Å². The van der Waals surface area contributed by atoms with Crippen LogP contribution in [0.5, 0.6) is 5.75 Å². The molecule has 2 aromatic heterocycles. The summed E-state index contributed by atoms with van der Waals surface area (Å²) in [5, 5.41) is 0.414. The zero-order valence-corrected chi connectivity index (χ0v) is 15.1. The molecule has 2 aromatic rings. The first-order chi connectivity index (χ1) is 11.0. The van der Waals surface area contributed by atoms with Gasteiger partial charge in [-0.05, 0) is 25.0 Å². The molecule has 0 bridgehead atoms. The zero-order chi connectivity index (χ0) is 16.4. The van der Waals surface area contributed by atoms with Crippen molar-refractivity contribution in [3.8, 4) is 5.75 Å². The molecule has 1 aliphatic heterocycles. The standard InChI is InChI=1S/C14H14Cl2N2O3S2/c15-11-8-17-6-5-12(11)21-10-2-1-7-18(9-10)23(19,20)14-4-3-13(16)22-14/h3-6,8,10H,1-2,7,9H2/t10-/m0/s1. The van der Waals surface area contributed by atoms with Crippen LogP contribution in [0.3, 0.4) is 0 Å². The highest BCUT2D eigenvalue weighted by Crippen LogP contribution is 2.31. The fourth-order valence-electron chi connectivity index (χ4n) is 2.42. The third-order valence-corrected chi connectivity index (χ3v) is 7.36. The van der Waals surface area contributed by atoms with Crippen molar-refractivity contribution in [2.75, 3.05) is 13.1 Å². The van der Waals surface area contributed by atoms with Crippen LogP contribution in [-0.4, -0.2) is 36.9 Å². The Bertz CT molecular complexity index is 795. The lowest BCUT2D eigenvalue weighted by Gasteiger charge is -2.31. The molecule has 0 spiro atoms. The fraction of sp³-hybridized carbons (Fsp3) is 0.357. The summed E-state index contributed by atoms with van der Waals surface area (Å²) < 4.78 is 33.3. The molecule has 124 valence electrons. The van der Waals surface area contributed by atoms with Gasteiger partial charge >= 0.3 is 0 Å². The second kappa shape index (κ2) is 6.94. The zero-order valence-electron chi connectivity index (χ0n) is 12.0. The maximum atomic E-state index is 12.7. The summed E-state index contributed by atoms with van der Waals surface area (Å²) >= 11 is 12.9. The first-order valence-electron chi connectivity index (χ1n) is 6.98. The molecule has 3 rings (SSSR count). The number of hydrogen-bond acceptors (Lipinski definition) is 5. The van der Waals surface area contributed by atoms with Crippen LogP contribution in [0.25, 0.3) is 0 Å². The van der Waals surface area contributed by atoms with E-state index in [0.29, 0.717) is 21.7 Å². The Morgan fingerprint density at radius 1 is 1.30 bits per heavy atom. The number of nitrogens with zero attached hydrogens (tertiary/aromatic N) is 2. The van der Waals surface area contributed by atoms with Crippen molar-refractivity contribution in [2.24, 2.45) is 0 Å². The van der Waals surface area contributed by atoms with Gasteiger partial charge in [0.1, 0.15) is 21.1 Å². The molecule has 23 heavy (non-hydrogen) atoms. The highest BCUT2D eigenvalue weighted by molar-refractivity contribution is 7.91. The maximum Gasteiger partial charge on any atom is 0.252 e. The first-order valence-corrected chi connectivity index (χ1v) is 10.00. The van der Waals surface area contributed by atoms with Crippen LogP contribution in [0.4, 0.5) is 0 Å². The second-order valence-electron chi connectivity index (χ2n) is 5.11. The molecule has 9 heteroatoms. The summed E-state index contributed by atoms with van der Waals surface area (Å²) in [5.41, 5.74) is 0. The number of thiophene rings is 1. The van der Waals surface area contributed by atoms with Crippen LogP contribution in [0.15, 0.2) is 34.8 Å². The van der Waals surface area contributed by atoms with Crippen LogP contribution in [0.2, 0.25) is 9.36 Å². The van der Waals surface area contributed by atoms with E-state index in [1.54, 1.807) is 18.3 Å². The van der Waals surface area contributed by atoms with Crippen molar-refractivity contribution in [2.45, 2.75) is 23.2 Å². The summed E-state index contributed by atoms with van der Waals surface area (Å²) in [6.07, 6.45) is 4.35. The Kier molecular flexibility index (Phi) is 5.13. The minimum Gasteiger partial charge on any atom is -0.487 e. The molecule has 0 N–H and O–H groups in total. The van der Waals surface area contributed by atoms with Gasteiger partial charge in [0.05, 0.1) is 10.9 Å². The van der Waals surface area contributed by atoms with Gasteiger partial charge in [-0.25, -0.2) is 8.42 Å². The minimum absolute atomic E-state index is 0.242. The number of pyridine rings is 1. The molecule has 0 radical (unpaired) electrons. The van der Waals surface area contributed by atoms with Crippen molar-refractivity contribution in [3.63, 3.8) is 0 Å². The third-order valence-electron chi connectivity index (χ3n) is 3.51. The molecule has 0 aromatic carbocycles. The Morgan fingerprint density at radius 2 is 2.13 bits per heavy atom. The van der Waals surface area contributed by atoms with Gasteiger partial charge in [0, 0.05) is 25.0 Å². The number of ether oxygens (including phenoxy) is 1. The fourth-order valence-corrected chi connectivity index (χ4v) is 5.73. The van der Waals surface area contributed by atoms with Crippen LogP contribution < -0.4 is 4.74 Å². The van der Waals surface area contributed by atoms with E-state index in [-0.39, 0.29) is 16.9 Å². The predicted octanol–water partition coefficient (Wildman–Crippen LogP) is 3.68. The van der Waals surface area contributed by atoms with Gasteiger partial charge in [0.25, 0.3) is 10.0 Å². The van der Waals surface area contributed by atoms with Gasteiger partial charge in [-0.2, -0.15) is 4.31 Å². The molecule has 0 amide bonds. The van der Waals surface area contributed by atoms with Crippen molar-refractivity contribution in [1.29, 1.82) is 0 Å². The molecule has 1 aliphatic rings. The number of hydrogen-bond donors (Lipinski definition) is 0. The first kappa shape index (κ1) is 17.0. The Morgan fingerprint density at radius 3 is 2.83 bits per heavy atom. The van der Waals surface area contributed by atoms with E-state index >= 15 is 0 Å². The molecule has 1 fully saturated rings. The van der Waals surface area contributed by atoms with Crippen LogP contribution >= 0.6 is 34.5 Å². The third kappa shape index (κ3) is 3.80. The van der Waals surface area contributed by atoms with E-state index in [1.165, 1.54) is 16.6 Å². The molecule has 1 saturated heterocycles. The van der Waals surface area contributed by atoms with E-state index < -0.39 is 10.0 Å². The number of halogens is 2. The largest absolute Gasteiger partial charge is 0.487 e. The van der Waals surface area contributed by atoms with E-state index in [1.807, 2.05) is 0 Å². The summed E-state index contributed by atoms with van der Waals surface area (Å²) in [6, 6.07) is 4.80. The topological polar surface area (TPSA) is 59.5 Å². The lowest BCUT2D eigenvalue weighted by Crippen LogP contribution is -2.44. The lowest BCUT2D eigenvalue weighted by atomic mass is 10.1. The Hall–Kier alpha value is -0.860. The van der Waals surface area contributed by atoms with Gasteiger partial charge in [-0.3, -0.25) is 4.98 Å². The van der Waals surface area contributed by atoms with E-state index in [2.05, 4.69) is 4.98 Å². The van der Waals surface area contributed by atoms with Crippen LogP contribution in [0.1, 0.15) is 12.8 Å². The molecular formula is C14H14Cl2N2O3S2. The van der Waals surface area contributed by atoms with Gasteiger partial charge in [-0.1, -0.05) is 23.2 Å². The van der Waals surface area contributed by atoms with E-state index in [0.717, 1.165) is 24.2 Å². The second-order valence-corrected chi connectivity index (χ2v) is 9.40. The van der Waals surface area contributed by atoms with Crippen LogP contribution in [0, 0.1) is 0 Å². The highest BCUT2D eigenvalue weighted by Gasteiger charge is 2.32. The maximum absolute atomic E-state index is 12.7. The predicted molar refractivity (Wildman–Crippen MR) is 91.0 cm³/mol. The van der Waals surface area contributed by atoms with Crippen molar-refractivity contribution in [3.05, 3.63) is 40.0 Å².